The van der Waals surface area contributed by atoms with Gasteiger partial charge in [0, 0.05) is 0 Å². The smallest absolute Gasteiger partial charge is 0.238 e. The van der Waals surface area contributed by atoms with Gasteiger partial charge < -0.3 is 10.6 Å². The number of benzene rings is 1. The van der Waals surface area contributed by atoms with Crippen LogP contribution in [0.5, 0.6) is 0 Å². The van der Waals surface area contributed by atoms with E-state index in [0.29, 0.717) is 0 Å². The van der Waals surface area contributed by atoms with E-state index in [0.717, 1.165) is 24.9 Å². The van der Waals surface area contributed by atoms with E-state index in [2.05, 4.69) is 24.5 Å². The van der Waals surface area contributed by atoms with E-state index in [1.165, 1.54) is 0 Å². The highest BCUT2D eigenvalue weighted by Crippen LogP contribution is 2.30. The Morgan fingerprint density at radius 3 is 2.68 bits per heavy atom. The maximum absolute atomic E-state index is 12.4. The van der Waals surface area contributed by atoms with Crippen molar-refractivity contribution in [3.05, 3.63) is 35.9 Å². The first-order valence-electron chi connectivity index (χ1n) is 7.09. The van der Waals surface area contributed by atoms with Crippen molar-refractivity contribution >= 4 is 5.91 Å². The number of nitrogens with one attached hydrogen (secondary N) is 2. The molecule has 0 bridgehead atoms. The Kier molecular flexibility index (Phi) is 4.25. The van der Waals surface area contributed by atoms with Crippen molar-refractivity contribution in [3.8, 4) is 0 Å². The van der Waals surface area contributed by atoms with Crippen LogP contribution in [-0.2, 0) is 4.79 Å². The third-order valence-electron chi connectivity index (χ3n) is 4.05. The van der Waals surface area contributed by atoms with E-state index in [4.69, 9.17) is 0 Å². The zero-order chi connectivity index (χ0) is 13.9. The minimum Gasteiger partial charge on any atom is -0.348 e. The van der Waals surface area contributed by atoms with Crippen LogP contribution >= 0.6 is 0 Å². The SMILES string of the molecule is C[C@H](NC(=O)C1NCCCC1(C)C)c1ccccc1. The van der Waals surface area contributed by atoms with Crippen molar-refractivity contribution in [1.82, 2.24) is 10.6 Å². The molecule has 1 aromatic rings. The summed E-state index contributed by atoms with van der Waals surface area (Å²) in [6.07, 6.45) is 2.24. The van der Waals surface area contributed by atoms with Gasteiger partial charge in [-0.1, -0.05) is 44.2 Å². The highest BCUT2D eigenvalue weighted by atomic mass is 16.2. The first-order valence-corrected chi connectivity index (χ1v) is 7.09. The number of carbonyl (C=O) groups excluding carboxylic acids is 1. The van der Waals surface area contributed by atoms with Gasteiger partial charge >= 0.3 is 0 Å². The zero-order valence-corrected chi connectivity index (χ0v) is 12.1. The van der Waals surface area contributed by atoms with E-state index >= 15 is 0 Å². The van der Waals surface area contributed by atoms with E-state index < -0.39 is 0 Å². The molecule has 1 amide bonds. The van der Waals surface area contributed by atoms with Crippen molar-refractivity contribution in [3.63, 3.8) is 0 Å². The third kappa shape index (κ3) is 3.35. The summed E-state index contributed by atoms with van der Waals surface area (Å²) in [5.41, 5.74) is 1.17. The molecule has 2 rings (SSSR count). The Balaban J connectivity index is 2.01. The molecule has 1 unspecified atom stereocenters. The summed E-state index contributed by atoms with van der Waals surface area (Å²) >= 11 is 0. The number of amides is 1. The molecule has 2 N–H and O–H groups in total. The van der Waals surface area contributed by atoms with Gasteiger partial charge in [0.1, 0.15) is 0 Å². The second-order valence-corrected chi connectivity index (χ2v) is 6.12. The van der Waals surface area contributed by atoms with Crippen molar-refractivity contribution < 1.29 is 4.79 Å². The molecule has 0 spiro atoms. The maximum atomic E-state index is 12.4. The molecule has 19 heavy (non-hydrogen) atoms. The summed E-state index contributed by atoms with van der Waals surface area (Å²) in [4.78, 5) is 12.4. The molecule has 1 saturated heterocycles. The first kappa shape index (κ1) is 14.1. The van der Waals surface area contributed by atoms with Gasteiger partial charge in [-0.3, -0.25) is 4.79 Å². The lowest BCUT2D eigenvalue weighted by Crippen LogP contribution is -2.55. The van der Waals surface area contributed by atoms with E-state index in [9.17, 15) is 4.79 Å². The summed E-state index contributed by atoms with van der Waals surface area (Å²) in [5.74, 6) is 0.112. The lowest BCUT2D eigenvalue weighted by molar-refractivity contribution is -0.127. The van der Waals surface area contributed by atoms with Crippen molar-refractivity contribution in [2.75, 3.05) is 6.54 Å². The molecular formula is C16H24N2O. The largest absolute Gasteiger partial charge is 0.348 e. The third-order valence-corrected chi connectivity index (χ3v) is 4.05. The van der Waals surface area contributed by atoms with Crippen LogP contribution in [0, 0.1) is 5.41 Å². The fourth-order valence-electron chi connectivity index (χ4n) is 2.78. The molecule has 104 valence electrons. The summed E-state index contributed by atoms with van der Waals surface area (Å²) < 4.78 is 0. The normalized spacial score (nSPS) is 23.6. The Labute approximate surface area is 115 Å². The monoisotopic (exact) mass is 260 g/mol. The topological polar surface area (TPSA) is 41.1 Å². The van der Waals surface area contributed by atoms with Crippen LogP contribution in [0.3, 0.4) is 0 Å². The molecule has 1 aliphatic heterocycles. The van der Waals surface area contributed by atoms with E-state index in [1.807, 2.05) is 37.3 Å². The molecule has 0 aromatic heterocycles. The molecular weight excluding hydrogens is 236 g/mol. The van der Waals surface area contributed by atoms with Gasteiger partial charge in [0.05, 0.1) is 12.1 Å². The maximum Gasteiger partial charge on any atom is 0.238 e. The Morgan fingerprint density at radius 2 is 2.05 bits per heavy atom. The standard InChI is InChI=1S/C16H24N2O/c1-12(13-8-5-4-6-9-13)18-15(19)14-16(2,3)10-7-11-17-14/h4-6,8-9,12,14,17H,7,10-11H2,1-3H3,(H,18,19)/t12-,14?/m0/s1. The van der Waals surface area contributed by atoms with Crippen molar-refractivity contribution in [1.29, 1.82) is 0 Å². The molecule has 3 nitrogen and oxygen atoms in total. The van der Waals surface area contributed by atoms with Crippen LogP contribution in [0.25, 0.3) is 0 Å². The summed E-state index contributed by atoms with van der Waals surface area (Å²) in [7, 11) is 0. The van der Waals surface area contributed by atoms with Gasteiger partial charge in [0.25, 0.3) is 0 Å². The molecule has 0 aliphatic carbocycles. The first-order chi connectivity index (χ1) is 9.00. The van der Waals surface area contributed by atoms with Crippen molar-refractivity contribution in [2.24, 2.45) is 5.41 Å². The summed E-state index contributed by atoms with van der Waals surface area (Å²) in [6, 6.07) is 10.0. The van der Waals surface area contributed by atoms with Crippen molar-refractivity contribution in [2.45, 2.75) is 45.7 Å². The molecule has 0 radical (unpaired) electrons. The molecule has 1 aromatic carbocycles. The molecule has 1 fully saturated rings. The zero-order valence-electron chi connectivity index (χ0n) is 12.1. The van der Waals surface area contributed by atoms with Crippen LogP contribution in [-0.4, -0.2) is 18.5 Å². The lowest BCUT2D eigenvalue weighted by atomic mass is 9.77. The van der Waals surface area contributed by atoms with Gasteiger partial charge in [-0.15, -0.1) is 0 Å². The van der Waals surface area contributed by atoms with Gasteiger partial charge in [0.2, 0.25) is 5.91 Å². The number of rotatable bonds is 3. The second-order valence-electron chi connectivity index (χ2n) is 6.12. The van der Waals surface area contributed by atoms with Gasteiger partial charge in [-0.2, -0.15) is 0 Å². The number of carbonyl (C=O) groups is 1. The highest BCUT2D eigenvalue weighted by molar-refractivity contribution is 5.83. The molecule has 2 atom stereocenters. The Hall–Kier alpha value is -1.35. The van der Waals surface area contributed by atoms with Crippen LogP contribution in [0.4, 0.5) is 0 Å². The van der Waals surface area contributed by atoms with E-state index in [-0.39, 0.29) is 23.4 Å². The average Bonchev–Trinajstić information content (AvgIpc) is 2.39. The van der Waals surface area contributed by atoms with Crippen LogP contribution in [0.2, 0.25) is 0 Å². The summed E-state index contributed by atoms with van der Waals surface area (Å²) in [6.45, 7) is 7.29. The molecule has 0 saturated carbocycles. The fraction of sp³-hybridized carbons (Fsp3) is 0.562. The van der Waals surface area contributed by atoms with Crippen LogP contribution in [0.15, 0.2) is 30.3 Å². The van der Waals surface area contributed by atoms with Crippen LogP contribution in [0.1, 0.15) is 45.2 Å². The second kappa shape index (κ2) is 5.74. The Morgan fingerprint density at radius 1 is 1.37 bits per heavy atom. The summed E-state index contributed by atoms with van der Waals surface area (Å²) in [5, 5.41) is 6.47. The van der Waals surface area contributed by atoms with E-state index in [1.54, 1.807) is 0 Å². The predicted molar refractivity (Wildman–Crippen MR) is 77.8 cm³/mol. The average molecular weight is 260 g/mol. The van der Waals surface area contributed by atoms with Gasteiger partial charge in [-0.25, -0.2) is 0 Å². The number of piperidine rings is 1. The molecule has 1 aliphatic rings. The van der Waals surface area contributed by atoms with Gasteiger partial charge in [-0.05, 0) is 37.3 Å². The number of hydrogen-bond acceptors (Lipinski definition) is 2. The van der Waals surface area contributed by atoms with Crippen LogP contribution < -0.4 is 10.6 Å². The minimum absolute atomic E-state index is 0.0265. The number of hydrogen-bond donors (Lipinski definition) is 2. The van der Waals surface area contributed by atoms with Gasteiger partial charge in [0.15, 0.2) is 0 Å². The Bertz CT molecular complexity index is 428. The quantitative estimate of drug-likeness (QED) is 0.877. The molecule has 1 heterocycles. The minimum atomic E-state index is -0.0904. The lowest BCUT2D eigenvalue weighted by Gasteiger charge is -2.38. The highest BCUT2D eigenvalue weighted by Gasteiger charge is 2.37. The predicted octanol–water partition coefficient (Wildman–Crippen LogP) is 2.64. The fourth-order valence-corrected chi connectivity index (χ4v) is 2.78. The molecule has 3 heteroatoms.